The Hall–Kier alpha value is -0.650. The summed E-state index contributed by atoms with van der Waals surface area (Å²) in [5.41, 5.74) is 5.35. The van der Waals surface area contributed by atoms with E-state index in [4.69, 9.17) is 15.2 Å². The average molecular weight is 204 g/mol. The molecule has 0 heterocycles. The topological polar surface area (TPSA) is 73.6 Å². The molecule has 0 saturated carbocycles. The van der Waals surface area contributed by atoms with Crippen molar-refractivity contribution in [3.05, 3.63) is 0 Å². The molecule has 1 unspecified atom stereocenters. The number of carbonyl (C=O) groups is 1. The Labute approximate surface area is 84.9 Å². The largest absolute Gasteiger partial charge is 0.354 e. The molecule has 14 heavy (non-hydrogen) atoms. The van der Waals surface area contributed by atoms with Crippen LogP contribution < -0.4 is 11.1 Å². The molecule has 0 aromatic carbocycles. The van der Waals surface area contributed by atoms with E-state index in [-0.39, 0.29) is 18.1 Å². The van der Waals surface area contributed by atoms with Gasteiger partial charge in [0.15, 0.2) is 6.29 Å². The zero-order valence-electron chi connectivity index (χ0n) is 9.08. The minimum absolute atomic E-state index is 0.0189. The lowest BCUT2D eigenvalue weighted by Gasteiger charge is -2.16. The Bertz CT molecular complexity index is 160. The van der Waals surface area contributed by atoms with Crippen LogP contribution >= 0.6 is 0 Å². The summed E-state index contributed by atoms with van der Waals surface area (Å²) in [6.07, 6.45) is 0.306. The molecule has 1 amide bonds. The van der Waals surface area contributed by atoms with Crippen LogP contribution in [0.5, 0.6) is 0 Å². The van der Waals surface area contributed by atoms with Crippen molar-refractivity contribution >= 4 is 5.91 Å². The van der Waals surface area contributed by atoms with Gasteiger partial charge in [-0.3, -0.25) is 4.79 Å². The van der Waals surface area contributed by atoms with Crippen LogP contribution in [-0.2, 0) is 14.3 Å². The van der Waals surface area contributed by atoms with E-state index in [1.165, 1.54) is 14.2 Å². The summed E-state index contributed by atoms with van der Waals surface area (Å²) >= 11 is 0. The third kappa shape index (κ3) is 5.16. The lowest BCUT2D eigenvalue weighted by Crippen LogP contribution is -2.37. The first-order valence-corrected chi connectivity index (χ1v) is 4.69. The summed E-state index contributed by atoms with van der Waals surface area (Å²) in [7, 11) is 3.06. The van der Waals surface area contributed by atoms with Gasteiger partial charge >= 0.3 is 0 Å². The molecule has 0 rings (SSSR count). The molecule has 0 saturated heterocycles. The Kier molecular flexibility index (Phi) is 7.37. The first kappa shape index (κ1) is 13.4. The van der Waals surface area contributed by atoms with Gasteiger partial charge in [0, 0.05) is 20.1 Å². The second-order valence-corrected chi connectivity index (χ2v) is 3.12. The molecule has 0 fully saturated rings. The molecule has 84 valence electrons. The zero-order valence-corrected chi connectivity index (χ0v) is 9.08. The highest BCUT2D eigenvalue weighted by atomic mass is 16.7. The van der Waals surface area contributed by atoms with Gasteiger partial charge in [0.25, 0.3) is 0 Å². The molecular weight excluding hydrogens is 184 g/mol. The number of hydrogen-bond acceptors (Lipinski definition) is 4. The third-order valence-corrected chi connectivity index (χ3v) is 2.02. The highest BCUT2D eigenvalue weighted by Gasteiger charge is 2.13. The number of hydrogen-bond donors (Lipinski definition) is 2. The van der Waals surface area contributed by atoms with Gasteiger partial charge < -0.3 is 20.5 Å². The number of ether oxygens (including phenoxy) is 2. The van der Waals surface area contributed by atoms with Crippen molar-refractivity contribution in [1.82, 2.24) is 5.32 Å². The molecule has 0 aromatic heterocycles. The van der Waals surface area contributed by atoms with E-state index in [1.807, 2.05) is 6.92 Å². The van der Waals surface area contributed by atoms with Crippen LogP contribution in [0.1, 0.15) is 13.3 Å². The molecule has 5 heteroatoms. The summed E-state index contributed by atoms with van der Waals surface area (Å²) < 4.78 is 9.86. The van der Waals surface area contributed by atoms with Crippen molar-refractivity contribution in [2.24, 2.45) is 11.7 Å². The van der Waals surface area contributed by atoms with Gasteiger partial charge in [0.2, 0.25) is 5.91 Å². The molecule has 0 spiro atoms. The van der Waals surface area contributed by atoms with Gasteiger partial charge in [-0.15, -0.1) is 0 Å². The number of amides is 1. The summed E-state index contributed by atoms with van der Waals surface area (Å²) in [6, 6.07) is 0. The Morgan fingerprint density at radius 3 is 2.43 bits per heavy atom. The van der Waals surface area contributed by atoms with Crippen LogP contribution in [0.2, 0.25) is 0 Å². The normalized spacial score (nSPS) is 12.9. The fraction of sp³-hybridized carbons (Fsp3) is 0.889. The molecule has 1 atom stereocenters. The monoisotopic (exact) mass is 204 g/mol. The van der Waals surface area contributed by atoms with Gasteiger partial charge in [-0.05, 0) is 13.0 Å². The molecule has 0 radical (unpaired) electrons. The summed E-state index contributed by atoms with van der Waals surface area (Å²) in [6.45, 7) is 2.73. The molecular formula is C9H20N2O3. The second kappa shape index (κ2) is 7.73. The maximum atomic E-state index is 11.4. The van der Waals surface area contributed by atoms with Crippen molar-refractivity contribution in [2.75, 3.05) is 27.3 Å². The van der Waals surface area contributed by atoms with E-state index in [0.717, 1.165) is 0 Å². The van der Waals surface area contributed by atoms with Gasteiger partial charge in [-0.25, -0.2) is 0 Å². The Morgan fingerprint density at radius 1 is 1.43 bits per heavy atom. The standard InChI is InChI=1S/C9H20N2O3/c1-7(4-5-10)9(12)11-6-8(13-2)14-3/h7-8H,4-6,10H2,1-3H3,(H,11,12). The van der Waals surface area contributed by atoms with E-state index in [2.05, 4.69) is 5.32 Å². The van der Waals surface area contributed by atoms with Crippen LogP contribution in [0.15, 0.2) is 0 Å². The van der Waals surface area contributed by atoms with Crippen LogP contribution in [-0.4, -0.2) is 39.5 Å². The van der Waals surface area contributed by atoms with Crippen molar-refractivity contribution in [3.8, 4) is 0 Å². The first-order chi connectivity index (χ1) is 6.65. The maximum absolute atomic E-state index is 11.4. The smallest absolute Gasteiger partial charge is 0.223 e. The summed E-state index contributed by atoms with van der Waals surface area (Å²) in [5.74, 6) is -0.0797. The SMILES string of the molecule is COC(CNC(=O)C(C)CCN)OC. The molecule has 0 bridgehead atoms. The van der Waals surface area contributed by atoms with Gasteiger partial charge in [-0.1, -0.05) is 6.92 Å². The predicted octanol–water partition coefficient (Wildman–Crippen LogP) is -0.294. The molecule has 0 aliphatic carbocycles. The minimum Gasteiger partial charge on any atom is -0.354 e. The molecule has 0 aromatic rings. The highest BCUT2D eigenvalue weighted by Crippen LogP contribution is 1.99. The van der Waals surface area contributed by atoms with Crippen molar-refractivity contribution in [1.29, 1.82) is 0 Å². The third-order valence-electron chi connectivity index (χ3n) is 2.02. The van der Waals surface area contributed by atoms with E-state index in [1.54, 1.807) is 0 Å². The van der Waals surface area contributed by atoms with Crippen LogP contribution in [0.25, 0.3) is 0 Å². The Balaban J connectivity index is 3.71. The maximum Gasteiger partial charge on any atom is 0.223 e. The average Bonchev–Trinajstić information content (AvgIpc) is 2.19. The molecule has 3 N–H and O–H groups in total. The van der Waals surface area contributed by atoms with Crippen molar-refractivity contribution in [3.63, 3.8) is 0 Å². The van der Waals surface area contributed by atoms with E-state index in [0.29, 0.717) is 19.5 Å². The predicted molar refractivity (Wildman–Crippen MR) is 53.7 cm³/mol. The van der Waals surface area contributed by atoms with Crippen molar-refractivity contribution < 1.29 is 14.3 Å². The van der Waals surface area contributed by atoms with E-state index >= 15 is 0 Å². The van der Waals surface area contributed by atoms with E-state index < -0.39 is 0 Å². The minimum atomic E-state index is -0.385. The van der Waals surface area contributed by atoms with Gasteiger partial charge in [-0.2, -0.15) is 0 Å². The van der Waals surface area contributed by atoms with Gasteiger partial charge in [0.05, 0.1) is 6.54 Å². The number of nitrogens with one attached hydrogen (secondary N) is 1. The molecule has 5 nitrogen and oxygen atoms in total. The number of nitrogens with two attached hydrogens (primary N) is 1. The zero-order chi connectivity index (χ0) is 11.0. The Morgan fingerprint density at radius 2 is 2.00 bits per heavy atom. The molecule has 0 aliphatic heterocycles. The molecule has 0 aliphatic rings. The summed E-state index contributed by atoms with van der Waals surface area (Å²) in [5, 5.41) is 2.72. The quantitative estimate of drug-likeness (QED) is 0.559. The second-order valence-electron chi connectivity index (χ2n) is 3.12. The lowest BCUT2D eigenvalue weighted by molar-refractivity contribution is -0.130. The fourth-order valence-corrected chi connectivity index (χ4v) is 1.00. The first-order valence-electron chi connectivity index (χ1n) is 4.69. The number of rotatable bonds is 7. The van der Waals surface area contributed by atoms with Crippen LogP contribution in [0.3, 0.4) is 0 Å². The summed E-state index contributed by atoms with van der Waals surface area (Å²) in [4.78, 5) is 11.4. The van der Waals surface area contributed by atoms with Crippen LogP contribution in [0.4, 0.5) is 0 Å². The fourth-order valence-electron chi connectivity index (χ4n) is 1.00. The van der Waals surface area contributed by atoms with Gasteiger partial charge in [0.1, 0.15) is 0 Å². The number of methoxy groups -OCH3 is 2. The highest BCUT2D eigenvalue weighted by molar-refractivity contribution is 5.78. The van der Waals surface area contributed by atoms with E-state index in [9.17, 15) is 4.79 Å². The lowest BCUT2D eigenvalue weighted by atomic mass is 10.1. The van der Waals surface area contributed by atoms with Crippen molar-refractivity contribution in [2.45, 2.75) is 19.6 Å². The number of carbonyl (C=O) groups excluding carboxylic acids is 1. The van der Waals surface area contributed by atoms with Crippen LogP contribution in [0, 0.1) is 5.92 Å².